The van der Waals surface area contributed by atoms with Gasteiger partial charge in [-0.1, -0.05) is 33.6 Å². The fraction of sp³-hybridized carbons (Fsp3) is 0.812. The van der Waals surface area contributed by atoms with Gasteiger partial charge < -0.3 is 10.4 Å². The molecule has 2 N–H and O–H groups in total. The number of nitrogens with one attached hydrogen (secondary N) is 1. The van der Waals surface area contributed by atoms with Crippen LogP contribution < -0.4 is 5.32 Å². The summed E-state index contributed by atoms with van der Waals surface area (Å²) in [6.45, 7) is 8.05. The van der Waals surface area contributed by atoms with E-state index in [2.05, 4.69) is 37.4 Å². The van der Waals surface area contributed by atoms with E-state index >= 15 is 0 Å². The number of nitrogens with zero attached hydrogens (tertiary/aromatic N) is 2. The van der Waals surface area contributed by atoms with E-state index in [-0.39, 0.29) is 0 Å². The van der Waals surface area contributed by atoms with Gasteiger partial charge in [0.25, 0.3) is 0 Å². The molecule has 20 heavy (non-hydrogen) atoms. The van der Waals surface area contributed by atoms with Gasteiger partial charge in [-0.15, -0.1) is 0 Å². The Kier molecular flexibility index (Phi) is 4.86. The third kappa shape index (κ3) is 3.83. The first-order valence-electron chi connectivity index (χ1n) is 7.85. The standard InChI is InChI=1S/C16H29N3O/c1-12(2)15-14(10-19(4)18-15)9-17-11-16(20)7-5-6-13(3)8-16/h10,12-13,17,20H,5-9,11H2,1-4H3. The summed E-state index contributed by atoms with van der Waals surface area (Å²) < 4.78 is 1.88. The van der Waals surface area contributed by atoms with Crippen LogP contribution in [0.3, 0.4) is 0 Å². The summed E-state index contributed by atoms with van der Waals surface area (Å²) in [5, 5.41) is 18.6. The normalized spacial score (nSPS) is 27.2. The Balaban J connectivity index is 1.89. The molecule has 1 aliphatic rings. The van der Waals surface area contributed by atoms with Crippen LogP contribution in [0.4, 0.5) is 0 Å². The molecule has 0 aromatic carbocycles. The highest BCUT2D eigenvalue weighted by Crippen LogP contribution is 2.31. The Labute approximate surface area is 122 Å². The Bertz CT molecular complexity index is 441. The van der Waals surface area contributed by atoms with E-state index in [0.29, 0.717) is 18.4 Å². The first-order chi connectivity index (χ1) is 9.39. The van der Waals surface area contributed by atoms with Crippen molar-refractivity contribution in [3.8, 4) is 0 Å². The quantitative estimate of drug-likeness (QED) is 0.871. The van der Waals surface area contributed by atoms with Crippen LogP contribution in [0.1, 0.15) is 63.6 Å². The van der Waals surface area contributed by atoms with Crippen molar-refractivity contribution in [1.82, 2.24) is 15.1 Å². The molecule has 1 saturated carbocycles. The summed E-state index contributed by atoms with van der Waals surface area (Å²) in [6, 6.07) is 0. The summed E-state index contributed by atoms with van der Waals surface area (Å²) in [5.74, 6) is 1.07. The van der Waals surface area contributed by atoms with Crippen molar-refractivity contribution in [3.05, 3.63) is 17.5 Å². The molecule has 0 bridgehead atoms. The molecule has 114 valence electrons. The molecule has 4 heteroatoms. The molecule has 1 aromatic heterocycles. The van der Waals surface area contributed by atoms with Crippen LogP contribution in [0.2, 0.25) is 0 Å². The van der Waals surface area contributed by atoms with Crippen LogP contribution in [0.5, 0.6) is 0 Å². The zero-order valence-electron chi connectivity index (χ0n) is 13.3. The SMILES string of the molecule is CC1CCCC(O)(CNCc2cn(C)nc2C(C)C)C1. The molecule has 0 aliphatic heterocycles. The highest BCUT2D eigenvalue weighted by molar-refractivity contribution is 5.20. The lowest BCUT2D eigenvalue weighted by Crippen LogP contribution is -2.43. The summed E-state index contributed by atoms with van der Waals surface area (Å²) in [5.41, 5.74) is 1.89. The van der Waals surface area contributed by atoms with E-state index in [1.807, 2.05) is 11.7 Å². The molecular formula is C16H29N3O. The molecule has 1 aromatic rings. The van der Waals surface area contributed by atoms with E-state index in [9.17, 15) is 5.11 Å². The maximum atomic E-state index is 10.6. The second-order valence-corrected chi connectivity index (χ2v) is 6.90. The minimum absolute atomic E-state index is 0.436. The minimum atomic E-state index is -0.516. The first kappa shape index (κ1) is 15.5. The molecule has 4 nitrogen and oxygen atoms in total. The smallest absolute Gasteiger partial charge is 0.0774 e. The second-order valence-electron chi connectivity index (χ2n) is 6.90. The third-order valence-corrected chi connectivity index (χ3v) is 4.32. The number of hydrogen-bond acceptors (Lipinski definition) is 3. The topological polar surface area (TPSA) is 50.1 Å². The van der Waals surface area contributed by atoms with Gasteiger partial charge in [-0.3, -0.25) is 4.68 Å². The first-order valence-corrected chi connectivity index (χ1v) is 7.85. The molecule has 2 unspecified atom stereocenters. The van der Waals surface area contributed by atoms with E-state index in [4.69, 9.17) is 0 Å². The Hall–Kier alpha value is -0.870. The lowest BCUT2D eigenvalue weighted by atomic mass is 9.79. The van der Waals surface area contributed by atoms with E-state index in [0.717, 1.165) is 31.5 Å². The van der Waals surface area contributed by atoms with Crippen molar-refractivity contribution in [3.63, 3.8) is 0 Å². The number of hydrogen-bond donors (Lipinski definition) is 2. The number of aromatic nitrogens is 2. The second kappa shape index (κ2) is 6.27. The van der Waals surface area contributed by atoms with Crippen molar-refractivity contribution in [2.45, 2.75) is 64.5 Å². The van der Waals surface area contributed by atoms with Crippen molar-refractivity contribution in [2.24, 2.45) is 13.0 Å². The predicted octanol–water partition coefficient (Wildman–Crippen LogP) is 2.57. The lowest BCUT2D eigenvalue weighted by molar-refractivity contribution is -0.0119. The number of aryl methyl sites for hydroxylation is 1. The van der Waals surface area contributed by atoms with Gasteiger partial charge in [0.2, 0.25) is 0 Å². The van der Waals surface area contributed by atoms with Crippen LogP contribution >= 0.6 is 0 Å². The Morgan fingerprint density at radius 3 is 2.95 bits per heavy atom. The zero-order chi connectivity index (χ0) is 14.8. The van der Waals surface area contributed by atoms with Gasteiger partial charge in [0.05, 0.1) is 11.3 Å². The Morgan fingerprint density at radius 2 is 2.30 bits per heavy atom. The van der Waals surface area contributed by atoms with Crippen molar-refractivity contribution in [1.29, 1.82) is 0 Å². The maximum absolute atomic E-state index is 10.6. The monoisotopic (exact) mass is 279 g/mol. The fourth-order valence-corrected chi connectivity index (χ4v) is 3.40. The number of rotatable bonds is 5. The van der Waals surface area contributed by atoms with E-state index in [1.165, 1.54) is 12.0 Å². The predicted molar refractivity (Wildman–Crippen MR) is 81.6 cm³/mol. The minimum Gasteiger partial charge on any atom is -0.389 e. The van der Waals surface area contributed by atoms with E-state index < -0.39 is 5.60 Å². The average Bonchev–Trinajstić information content (AvgIpc) is 2.70. The van der Waals surface area contributed by atoms with Gasteiger partial charge >= 0.3 is 0 Å². The average molecular weight is 279 g/mol. The number of aliphatic hydroxyl groups is 1. The lowest BCUT2D eigenvalue weighted by Gasteiger charge is -2.35. The molecule has 0 saturated heterocycles. The Morgan fingerprint density at radius 1 is 1.55 bits per heavy atom. The van der Waals surface area contributed by atoms with Gasteiger partial charge in [-0.05, 0) is 24.7 Å². The highest BCUT2D eigenvalue weighted by atomic mass is 16.3. The van der Waals surface area contributed by atoms with Crippen LogP contribution in [0.15, 0.2) is 6.20 Å². The van der Waals surface area contributed by atoms with Crippen LogP contribution in [0.25, 0.3) is 0 Å². The van der Waals surface area contributed by atoms with Crippen LogP contribution in [-0.2, 0) is 13.6 Å². The fourth-order valence-electron chi connectivity index (χ4n) is 3.40. The summed E-state index contributed by atoms with van der Waals surface area (Å²) in [4.78, 5) is 0. The summed E-state index contributed by atoms with van der Waals surface area (Å²) in [6.07, 6.45) is 6.32. The molecule has 0 amide bonds. The van der Waals surface area contributed by atoms with Gasteiger partial charge in [-0.25, -0.2) is 0 Å². The molecule has 2 atom stereocenters. The zero-order valence-corrected chi connectivity index (χ0v) is 13.3. The third-order valence-electron chi connectivity index (χ3n) is 4.32. The molecule has 1 fully saturated rings. The maximum Gasteiger partial charge on any atom is 0.0774 e. The summed E-state index contributed by atoms with van der Waals surface area (Å²) >= 11 is 0. The van der Waals surface area contributed by atoms with Crippen molar-refractivity contribution < 1.29 is 5.11 Å². The van der Waals surface area contributed by atoms with Gasteiger partial charge in [0.15, 0.2) is 0 Å². The van der Waals surface area contributed by atoms with Crippen molar-refractivity contribution in [2.75, 3.05) is 6.54 Å². The molecule has 0 radical (unpaired) electrons. The molecule has 1 aliphatic carbocycles. The highest BCUT2D eigenvalue weighted by Gasteiger charge is 2.32. The largest absolute Gasteiger partial charge is 0.389 e. The van der Waals surface area contributed by atoms with Crippen molar-refractivity contribution >= 4 is 0 Å². The molecule has 2 rings (SSSR count). The summed E-state index contributed by atoms with van der Waals surface area (Å²) in [7, 11) is 1.96. The van der Waals surface area contributed by atoms with Gasteiger partial charge in [-0.2, -0.15) is 5.10 Å². The van der Waals surface area contributed by atoms with Gasteiger partial charge in [0.1, 0.15) is 0 Å². The molecular weight excluding hydrogens is 250 g/mol. The van der Waals surface area contributed by atoms with Gasteiger partial charge in [0, 0.05) is 31.9 Å². The van der Waals surface area contributed by atoms with Crippen LogP contribution in [-0.4, -0.2) is 27.0 Å². The van der Waals surface area contributed by atoms with E-state index in [1.54, 1.807) is 0 Å². The van der Waals surface area contributed by atoms with Crippen LogP contribution in [0, 0.1) is 5.92 Å². The molecule has 1 heterocycles. The molecule has 0 spiro atoms.